The quantitative estimate of drug-likeness (QED) is 0.290. The molecule has 0 aliphatic carbocycles. The molecule has 0 unspecified atom stereocenters. The molecule has 0 amide bonds. The second-order valence-corrected chi connectivity index (χ2v) is 6.07. The van der Waals surface area contributed by atoms with Gasteiger partial charge in [-0.3, -0.25) is 4.99 Å². The predicted molar refractivity (Wildman–Crippen MR) is 122 cm³/mol. The van der Waals surface area contributed by atoms with Crippen molar-refractivity contribution < 1.29 is 14.2 Å². The highest BCUT2D eigenvalue weighted by Crippen LogP contribution is 2.25. The molecule has 1 aromatic carbocycles. The number of nitrogens with one attached hydrogen (secondary N) is 1. The number of hydrogen-bond acceptors (Lipinski definition) is 5. The lowest BCUT2D eigenvalue weighted by molar-refractivity contribution is 0.163. The second-order valence-electron chi connectivity index (χ2n) is 6.07. The molecule has 0 fully saturated rings. The average molecular weight is 494 g/mol. The Morgan fingerprint density at radius 1 is 1.11 bits per heavy atom. The second kappa shape index (κ2) is 14.8. The number of aliphatic imine (C=N–C) groups is 1. The summed E-state index contributed by atoms with van der Waals surface area (Å²) in [4.78, 5) is 9.04. The third-order valence-electron chi connectivity index (χ3n) is 4.02. The van der Waals surface area contributed by atoms with Crippen molar-refractivity contribution in [2.75, 3.05) is 68.2 Å². The van der Waals surface area contributed by atoms with Crippen LogP contribution in [-0.4, -0.2) is 84.0 Å². The molecule has 1 aromatic rings. The van der Waals surface area contributed by atoms with Gasteiger partial charge < -0.3 is 29.3 Å². The van der Waals surface area contributed by atoms with E-state index in [9.17, 15) is 0 Å². The van der Waals surface area contributed by atoms with E-state index in [1.54, 1.807) is 21.3 Å². The number of rotatable bonds is 11. The molecular weight excluding hydrogens is 459 g/mol. The summed E-state index contributed by atoms with van der Waals surface area (Å²) in [5.74, 6) is 2.48. The molecule has 27 heavy (non-hydrogen) atoms. The summed E-state index contributed by atoms with van der Waals surface area (Å²) in [6, 6.07) is 5.87. The SMILES string of the molecule is CCNC(=NCCN(C)CCOC)N(C)Cc1ccc(OC)cc1OC.I. The third-order valence-corrected chi connectivity index (χ3v) is 4.02. The zero-order valence-corrected chi connectivity index (χ0v) is 19.8. The van der Waals surface area contributed by atoms with Gasteiger partial charge in [-0.05, 0) is 26.1 Å². The minimum atomic E-state index is 0. The molecule has 1 rings (SSSR count). The standard InChI is InChI=1S/C19H34N4O3.HI/c1-7-20-19(21-10-11-22(2)12-13-24-4)23(3)15-16-8-9-17(25-5)14-18(16)26-6;/h8-9,14H,7,10-13,15H2,1-6H3,(H,20,21);1H. The molecule has 0 aliphatic rings. The smallest absolute Gasteiger partial charge is 0.194 e. The van der Waals surface area contributed by atoms with Crippen LogP contribution < -0.4 is 14.8 Å². The number of likely N-dealkylation sites (N-methyl/N-ethyl adjacent to an activating group) is 1. The van der Waals surface area contributed by atoms with Gasteiger partial charge in [0.25, 0.3) is 0 Å². The lowest BCUT2D eigenvalue weighted by Crippen LogP contribution is -2.39. The van der Waals surface area contributed by atoms with Crippen LogP contribution in [0, 0.1) is 0 Å². The van der Waals surface area contributed by atoms with Crippen molar-refractivity contribution >= 4 is 29.9 Å². The molecule has 0 spiro atoms. The summed E-state index contributed by atoms with van der Waals surface area (Å²) in [5.41, 5.74) is 1.08. The van der Waals surface area contributed by atoms with Crippen LogP contribution in [0.1, 0.15) is 12.5 Å². The molecule has 0 aromatic heterocycles. The number of halogens is 1. The van der Waals surface area contributed by atoms with E-state index in [0.717, 1.165) is 55.8 Å². The van der Waals surface area contributed by atoms with Crippen molar-refractivity contribution in [3.05, 3.63) is 23.8 Å². The summed E-state index contributed by atoms with van der Waals surface area (Å²) >= 11 is 0. The Balaban J connectivity index is 0.00000676. The van der Waals surface area contributed by atoms with E-state index in [4.69, 9.17) is 19.2 Å². The van der Waals surface area contributed by atoms with Gasteiger partial charge in [0.05, 0.1) is 27.4 Å². The van der Waals surface area contributed by atoms with Crippen molar-refractivity contribution in [1.29, 1.82) is 0 Å². The summed E-state index contributed by atoms with van der Waals surface area (Å²) in [6.07, 6.45) is 0. The lowest BCUT2D eigenvalue weighted by atomic mass is 10.2. The van der Waals surface area contributed by atoms with E-state index in [0.29, 0.717) is 6.54 Å². The molecule has 0 bridgehead atoms. The fraction of sp³-hybridized carbons (Fsp3) is 0.632. The molecular formula is C19H35IN4O3. The highest BCUT2D eigenvalue weighted by Gasteiger charge is 2.11. The van der Waals surface area contributed by atoms with Gasteiger partial charge in [-0.1, -0.05) is 0 Å². The van der Waals surface area contributed by atoms with Crippen LogP contribution >= 0.6 is 24.0 Å². The van der Waals surface area contributed by atoms with Crippen LogP contribution in [0.4, 0.5) is 0 Å². The maximum Gasteiger partial charge on any atom is 0.194 e. The summed E-state index contributed by atoms with van der Waals surface area (Å²) < 4.78 is 15.9. The van der Waals surface area contributed by atoms with Gasteiger partial charge in [-0.15, -0.1) is 24.0 Å². The summed E-state index contributed by atoms with van der Waals surface area (Å²) in [7, 11) is 9.15. The summed E-state index contributed by atoms with van der Waals surface area (Å²) in [5, 5.41) is 3.35. The molecule has 0 saturated heterocycles. The van der Waals surface area contributed by atoms with Crippen LogP contribution in [0.5, 0.6) is 11.5 Å². The van der Waals surface area contributed by atoms with Gasteiger partial charge in [-0.2, -0.15) is 0 Å². The topological polar surface area (TPSA) is 58.6 Å². The van der Waals surface area contributed by atoms with Crippen molar-refractivity contribution in [3.8, 4) is 11.5 Å². The van der Waals surface area contributed by atoms with E-state index in [2.05, 4.69) is 29.1 Å². The summed E-state index contributed by atoms with van der Waals surface area (Å²) in [6.45, 7) is 6.84. The van der Waals surface area contributed by atoms with E-state index < -0.39 is 0 Å². The van der Waals surface area contributed by atoms with Gasteiger partial charge >= 0.3 is 0 Å². The van der Waals surface area contributed by atoms with Gasteiger partial charge in [-0.25, -0.2) is 0 Å². The van der Waals surface area contributed by atoms with Crippen molar-refractivity contribution in [3.63, 3.8) is 0 Å². The van der Waals surface area contributed by atoms with E-state index in [1.807, 2.05) is 25.2 Å². The first-order valence-corrected chi connectivity index (χ1v) is 8.93. The van der Waals surface area contributed by atoms with Gasteiger partial charge in [0.15, 0.2) is 5.96 Å². The van der Waals surface area contributed by atoms with Crippen molar-refractivity contribution in [2.24, 2.45) is 4.99 Å². The fourth-order valence-electron chi connectivity index (χ4n) is 2.47. The minimum absolute atomic E-state index is 0. The van der Waals surface area contributed by atoms with Gasteiger partial charge in [0.2, 0.25) is 0 Å². The number of methoxy groups -OCH3 is 3. The maximum atomic E-state index is 5.49. The predicted octanol–water partition coefficient (Wildman–Crippen LogP) is 2.30. The molecule has 0 heterocycles. The highest BCUT2D eigenvalue weighted by molar-refractivity contribution is 14.0. The largest absolute Gasteiger partial charge is 0.497 e. The molecule has 1 N–H and O–H groups in total. The monoisotopic (exact) mass is 494 g/mol. The maximum absolute atomic E-state index is 5.49. The Kier molecular flexibility index (Phi) is 14.1. The molecule has 0 atom stereocenters. The number of benzene rings is 1. The van der Waals surface area contributed by atoms with Crippen LogP contribution in [0.3, 0.4) is 0 Å². The third kappa shape index (κ3) is 9.48. The normalized spacial score (nSPS) is 11.1. The van der Waals surface area contributed by atoms with Crippen LogP contribution in [0.15, 0.2) is 23.2 Å². The van der Waals surface area contributed by atoms with Crippen molar-refractivity contribution in [2.45, 2.75) is 13.5 Å². The van der Waals surface area contributed by atoms with E-state index >= 15 is 0 Å². The zero-order chi connectivity index (χ0) is 19.4. The Hall–Kier alpha value is -1.26. The van der Waals surface area contributed by atoms with E-state index in [1.165, 1.54) is 0 Å². The average Bonchev–Trinajstić information content (AvgIpc) is 2.65. The number of nitrogens with zero attached hydrogens (tertiary/aromatic N) is 3. The molecule has 0 saturated carbocycles. The zero-order valence-electron chi connectivity index (χ0n) is 17.4. The molecule has 0 aliphatic heterocycles. The molecule has 156 valence electrons. The number of ether oxygens (including phenoxy) is 3. The number of guanidine groups is 1. The highest BCUT2D eigenvalue weighted by atomic mass is 127. The van der Waals surface area contributed by atoms with E-state index in [-0.39, 0.29) is 24.0 Å². The molecule has 0 radical (unpaired) electrons. The Bertz CT molecular complexity index is 558. The van der Waals surface area contributed by atoms with Gasteiger partial charge in [0, 0.05) is 52.0 Å². The Labute approximate surface area is 181 Å². The Morgan fingerprint density at radius 3 is 2.44 bits per heavy atom. The first-order chi connectivity index (χ1) is 12.5. The lowest BCUT2D eigenvalue weighted by Gasteiger charge is -2.24. The Morgan fingerprint density at radius 2 is 1.85 bits per heavy atom. The van der Waals surface area contributed by atoms with Gasteiger partial charge in [0.1, 0.15) is 11.5 Å². The first kappa shape index (κ1) is 25.7. The molecule has 8 heteroatoms. The van der Waals surface area contributed by atoms with Crippen LogP contribution in [-0.2, 0) is 11.3 Å². The molecule has 7 nitrogen and oxygen atoms in total. The first-order valence-electron chi connectivity index (χ1n) is 8.93. The fourth-order valence-corrected chi connectivity index (χ4v) is 2.47. The van der Waals surface area contributed by atoms with Crippen LogP contribution in [0.25, 0.3) is 0 Å². The van der Waals surface area contributed by atoms with Crippen molar-refractivity contribution in [1.82, 2.24) is 15.1 Å². The number of hydrogen-bond donors (Lipinski definition) is 1. The van der Waals surface area contributed by atoms with Crippen LogP contribution in [0.2, 0.25) is 0 Å². The minimum Gasteiger partial charge on any atom is -0.497 e.